The van der Waals surface area contributed by atoms with Crippen LogP contribution in [0, 0.1) is 11.3 Å². The molecule has 5 nitrogen and oxygen atoms in total. The summed E-state index contributed by atoms with van der Waals surface area (Å²) in [6.07, 6.45) is 4.30. The van der Waals surface area contributed by atoms with E-state index in [1.165, 1.54) is 0 Å². The third-order valence-corrected chi connectivity index (χ3v) is 4.93. The van der Waals surface area contributed by atoms with Crippen molar-refractivity contribution >= 4 is 5.57 Å². The first-order chi connectivity index (χ1) is 11.2. The predicted molar refractivity (Wildman–Crippen MR) is 84.5 cm³/mol. The molecule has 0 amide bonds. The minimum absolute atomic E-state index is 0.224. The molecule has 1 saturated heterocycles. The zero-order valence-corrected chi connectivity index (χ0v) is 12.8. The van der Waals surface area contributed by atoms with Crippen LogP contribution in [0.25, 0.3) is 5.57 Å². The Balaban J connectivity index is 1.85. The van der Waals surface area contributed by atoms with Crippen molar-refractivity contribution in [2.45, 2.75) is 31.4 Å². The number of fused-ring (bicyclic) bond motifs is 3. The highest BCUT2D eigenvalue weighted by atomic mass is 16.7. The van der Waals surface area contributed by atoms with Crippen LogP contribution in [0.4, 0.5) is 0 Å². The number of hydrogen-bond donors (Lipinski definition) is 1. The zero-order valence-electron chi connectivity index (χ0n) is 12.8. The second-order valence-electron chi connectivity index (χ2n) is 6.17. The van der Waals surface area contributed by atoms with Crippen LogP contribution >= 0.6 is 0 Å². The Kier molecular flexibility index (Phi) is 3.10. The van der Waals surface area contributed by atoms with E-state index in [0.29, 0.717) is 37.1 Å². The largest absolute Gasteiger partial charge is 0.454 e. The van der Waals surface area contributed by atoms with E-state index >= 15 is 0 Å². The monoisotopic (exact) mass is 310 g/mol. The third-order valence-electron chi connectivity index (χ3n) is 4.93. The van der Waals surface area contributed by atoms with Gasteiger partial charge in [-0.15, -0.1) is 6.58 Å². The predicted octanol–water partition coefficient (Wildman–Crippen LogP) is 2.57. The Morgan fingerprint density at radius 1 is 1.35 bits per heavy atom. The Labute approximate surface area is 135 Å². The van der Waals surface area contributed by atoms with Crippen molar-refractivity contribution in [2.75, 3.05) is 13.3 Å². The Morgan fingerprint density at radius 2 is 2.13 bits per heavy atom. The first-order valence-corrected chi connectivity index (χ1v) is 7.83. The molecule has 3 aliphatic rings. The van der Waals surface area contributed by atoms with Gasteiger partial charge in [-0.1, -0.05) is 6.08 Å². The Hall–Kier alpha value is -2.45. The van der Waals surface area contributed by atoms with E-state index in [1.54, 1.807) is 6.08 Å². The number of rotatable bonds is 2. The molecule has 0 aliphatic carbocycles. The van der Waals surface area contributed by atoms with Gasteiger partial charge < -0.3 is 19.5 Å². The van der Waals surface area contributed by atoms with Crippen LogP contribution < -0.4 is 9.47 Å². The fourth-order valence-corrected chi connectivity index (χ4v) is 3.82. The smallest absolute Gasteiger partial charge is 0.231 e. The number of nitrogens with zero attached hydrogens (tertiary/aromatic N) is 2. The summed E-state index contributed by atoms with van der Waals surface area (Å²) in [5.41, 5.74) is 2.59. The van der Waals surface area contributed by atoms with Gasteiger partial charge in [0, 0.05) is 30.6 Å². The molecule has 0 bridgehead atoms. The van der Waals surface area contributed by atoms with Crippen molar-refractivity contribution in [1.29, 1.82) is 5.26 Å². The van der Waals surface area contributed by atoms with Gasteiger partial charge in [-0.3, -0.25) is 0 Å². The lowest BCUT2D eigenvalue weighted by Crippen LogP contribution is -2.43. The SMILES string of the molecule is C=CCC1(O)CCC2=C(C#N)c3cc4c(cc3CCN21)OCO4. The fraction of sp³-hybridized carbons (Fsp3) is 0.389. The van der Waals surface area contributed by atoms with Gasteiger partial charge >= 0.3 is 0 Å². The highest BCUT2D eigenvalue weighted by Crippen LogP contribution is 2.45. The third kappa shape index (κ3) is 2.02. The van der Waals surface area contributed by atoms with Crippen molar-refractivity contribution in [1.82, 2.24) is 4.90 Å². The quantitative estimate of drug-likeness (QED) is 0.851. The molecule has 3 aliphatic heterocycles. The van der Waals surface area contributed by atoms with E-state index in [1.807, 2.05) is 17.0 Å². The number of nitriles is 1. The maximum atomic E-state index is 10.9. The van der Waals surface area contributed by atoms with Gasteiger partial charge in [-0.2, -0.15) is 5.26 Å². The molecular weight excluding hydrogens is 292 g/mol. The van der Waals surface area contributed by atoms with Gasteiger partial charge in [0.1, 0.15) is 11.8 Å². The highest BCUT2D eigenvalue weighted by Gasteiger charge is 2.43. The van der Waals surface area contributed by atoms with Crippen molar-refractivity contribution in [2.24, 2.45) is 0 Å². The number of ether oxygens (including phenoxy) is 2. The Bertz CT molecular complexity index is 762. The molecule has 1 aromatic rings. The number of hydrogen-bond acceptors (Lipinski definition) is 5. The van der Waals surface area contributed by atoms with E-state index in [4.69, 9.17) is 9.47 Å². The summed E-state index contributed by atoms with van der Waals surface area (Å²) < 4.78 is 10.9. The first kappa shape index (κ1) is 14.2. The van der Waals surface area contributed by atoms with Crippen LogP contribution in [0.3, 0.4) is 0 Å². The summed E-state index contributed by atoms with van der Waals surface area (Å²) in [6.45, 7) is 4.65. The standard InChI is InChI=1S/C18H18N2O3/c1-2-5-18(21)6-3-15-14(10-19)13-9-17-16(22-11-23-17)8-12(13)4-7-20(15)18/h2,8-9,21H,1,3-7,11H2. The maximum Gasteiger partial charge on any atom is 0.231 e. The summed E-state index contributed by atoms with van der Waals surface area (Å²) in [5, 5.41) is 20.7. The zero-order chi connectivity index (χ0) is 16.0. The molecule has 0 radical (unpaired) electrons. The van der Waals surface area contributed by atoms with Crippen LogP contribution in [0.15, 0.2) is 30.5 Å². The topological polar surface area (TPSA) is 65.7 Å². The maximum absolute atomic E-state index is 10.9. The summed E-state index contributed by atoms with van der Waals surface area (Å²) in [4.78, 5) is 1.99. The van der Waals surface area contributed by atoms with Gasteiger partial charge in [0.05, 0.1) is 5.57 Å². The molecule has 118 valence electrons. The fourth-order valence-electron chi connectivity index (χ4n) is 3.82. The summed E-state index contributed by atoms with van der Waals surface area (Å²) in [6, 6.07) is 6.21. The van der Waals surface area contributed by atoms with Crippen molar-refractivity contribution < 1.29 is 14.6 Å². The van der Waals surface area contributed by atoms with E-state index in [9.17, 15) is 10.4 Å². The molecule has 1 fully saturated rings. The van der Waals surface area contributed by atoms with Gasteiger partial charge in [-0.05, 0) is 30.5 Å². The number of aliphatic hydroxyl groups is 1. The molecule has 0 aromatic heterocycles. The molecule has 23 heavy (non-hydrogen) atoms. The van der Waals surface area contributed by atoms with Gasteiger partial charge in [0.25, 0.3) is 0 Å². The molecule has 0 saturated carbocycles. The second kappa shape index (κ2) is 5.04. The van der Waals surface area contributed by atoms with Crippen LogP contribution in [0.2, 0.25) is 0 Å². The summed E-state index contributed by atoms with van der Waals surface area (Å²) in [7, 11) is 0. The number of allylic oxidation sites excluding steroid dienone is 2. The second-order valence-corrected chi connectivity index (χ2v) is 6.17. The van der Waals surface area contributed by atoms with Gasteiger partial charge in [0.15, 0.2) is 11.5 Å². The minimum Gasteiger partial charge on any atom is -0.454 e. The van der Waals surface area contributed by atoms with Crippen LogP contribution in [-0.2, 0) is 6.42 Å². The first-order valence-electron chi connectivity index (χ1n) is 7.83. The van der Waals surface area contributed by atoms with Crippen molar-refractivity contribution in [3.63, 3.8) is 0 Å². The normalized spacial score (nSPS) is 24.8. The molecule has 1 N–H and O–H groups in total. The molecule has 3 heterocycles. The van der Waals surface area contributed by atoms with Crippen molar-refractivity contribution in [3.8, 4) is 17.6 Å². The molecule has 1 atom stereocenters. The van der Waals surface area contributed by atoms with E-state index in [0.717, 1.165) is 29.0 Å². The van der Waals surface area contributed by atoms with Gasteiger partial charge in [0.2, 0.25) is 6.79 Å². The van der Waals surface area contributed by atoms with Crippen LogP contribution in [0.1, 0.15) is 30.4 Å². The summed E-state index contributed by atoms with van der Waals surface area (Å²) >= 11 is 0. The Morgan fingerprint density at radius 3 is 2.87 bits per heavy atom. The highest BCUT2D eigenvalue weighted by molar-refractivity contribution is 5.83. The average Bonchev–Trinajstić information content (AvgIpc) is 3.06. The van der Waals surface area contributed by atoms with Gasteiger partial charge in [-0.25, -0.2) is 0 Å². The number of benzene rings is 1. The van der Waals surface area contributed by atoms with Crippen LogP contribution in [0.5, 0.6) is 11.5 Å². The molecule has 1 aromatic carbocycles. The minimum atomic E-state index is -0.934. The lowest BCUT2D eigenvalue weighted by Gasteiger charge is -2.35. The van der Waals surface area contributed by atoms with E-state index in [2.05, 4.69) is 12.6 Å². The van der Waals surface area contributed by atoms with Crippen LogP contribution in [-0.4, -0.2) is 29.1 Å². The molecule has 1 unspecified atom stereocenters. The molecule has 5 heteroatoms. The average molecular weight is 310 g/mol. The summed E-state index contributed by atoms with van der Waals surface area (Å²) in [5.74, 6) is 1.42. The lowest BCUT2D eigenvalue weighted by atomic mass is 9.96. The lowest BCUT2D eigenvalue weighted by molar-refractivity contribution is -0.0658. The van der Waals surface area contributed by atoms with Crippen molar-refractivity contribution in [3.05, 3.63) is 41.6 Å². The van der Waals surface area contributed by atoms with E-state index in [-0.39, 0.29) is 6.79 Å². The molecule has 4 rings (SSSR count). The molecule has 0 spiro atoms. The van der Waals surface area contributed by atoms with E-state index < -0.39 is 5.72 Å². The molecular formula is C18H18N2O3.